The van der Waals surface area contributed by atoms with Crippen molar-refractivity contribution >= 4 is 11.3 Å². The lowest BCUT2D eigenvalue weighted by atomic mass is 9.91. The van der Waals surface area contributed by atoms with Crippen LogP contribution < -0.4 is 5.32 Å². The first-order valence-electron chi connectivity index (χ1n) is 5.06. The molecule has 1 aromatic heterocycles. The van der Waals surface area contributed by atoms with E-state index in [2.05, 4.69) is 21.8 Å². The van der Waals surface area contributed by atoms with Gasteiger partial charge in [0.15, 0.2) is 0 Å². The van der Waals surface area contributed by atoms with Crippen LogP contribution in [0.3, 0.4) is 0 Å². The van der Waals surface area contributed by atoms with Gasteiger partial charge in [-0.05, 0) is 33.7 Å². The second-order valence-electron chi connectivity index (χ2n) is 4.28. The van der Waals surface area contributed by atoms with Gasteiger partial charge in [-0.1, -0.05) is 0 Å². The number of rotatable bonds is 5. The SMILES string of the molecule is Cc1nc(CNCCC(C)(C)C#N)cs1. The lowest BCUT2D eigenvalue weighted by Crippen LogP contribution is -2.21. The molecular formula is C11H17N3S. The lowest BCUT2D eigenvalue weighted by Gasteiger charge is -2.14. The smallest absolute Gasteiger partial charge is 0.0897 e. The van der Waals surface area contributed by atoms with E-state index in [9.17, 15) is 0 Å². The molecule has 82 valence electrons. The predicted octanol–water partition coefficient (Wildman–Crippen LogP) is 2.48. The minimum absolute atomic E-state index is 0.231. The van der Waals surface area contributed by atoms with E-state index in [1.807, 2.05) is 20.8 Å². The number of hydrogen-bond acceptors (Lipinski definition) is 4. The van der Waals surface area contributed by atoms with Gasteiger partial charge in [-0.15, -0.1) is 11.3 Å². The first kappa shape index (κ1) is 12.2. The van der Waals surface area contributed by atoms with Crippen molar-refractivity contribution in [3.8, 4) is 6.07 Å². The average molecular weight is 223 g/mol. The Morgan fingerprint density at radius 1 is 1.60 bits per heavy atom. The van der Waals surface area contributed by atoms with E-state index in [1.54, 1.807) is 11.3 Å². The molecule has 0 unspecified atom stereocenters. The van der Waals surface area contributed by atoms with E-state index in [0.29, 0.717) is 0 Å². The number of thiazole rings is 1. The van der Waals surface area contributed by atoms with Crippen molar-refractivity contribution in [2.45, 2.75) is 33.7 Å². The maximum atomic E-state index is 8.83. The zero-order valence-electron chi connectivity index (χ0n) is 9.50. The van der Waals surface area contributed by atoms with E-state index >= 15 is 0 Å². The second kappa shape index (κ2) is 5.24. The molecule has 0 saturated carbocycles. The van der Waals surface area contributed by atoms with Crippen LogP contribution in [0.1, 0.15) is 31.0 Å². The minimum Gasteiger partial charge on any atom is -0.311 e. The molecule has 15 heavy (non-hydrogen) atoms. The zero-order chi connectivity index (χ0) is 11.3. The van der Waals surface area contributed by atoms with Crippen LogP contribution in [-0.4, -0.2) is 11.5 Å². The van der Waals surface area contributed by atoms with Gasteiger partial charge >= 0.3 is 0 Å². The van der Waals surface area contributed by atoms with Gasteiger partial charge in [0.2, 0.25) is 0 Å². The Morgan fingerprint density at radius 3 is 2.87 bits per heavy atom. The van der Waals surface area contributed by atoms with E-state index < -0.39 is 0 Å². The number of aryl methyl sites for hydroxylation is 1. The molecule has 0 atom stereocenters. The summed E-state index contributed by atoms with van der Waals surface area (Å²) in [5.41, 5.74) is 0.859. The highest BCUT2D eigenvalue weighted by Gasteiger charge is 2.15. The van der Waals surface area contributed by atoms with Gasteiger partial charge in [0.05, 0.1) is 22.2 Å². The molecule has 4 heteroatoms. The first-order chi connectivity index (χ1) is 7.03. The summed E-state index contributed by atoms with van der Waals surface area (Å²) < 4.78 is 0. The first-order valence-corrected chi connectivity index (χ1v) is 5.94. The van der Waals surface area contributed by atoms with Crippen LogP contribution in [0, 0.1) is 23.7 Å². The highest BCUT2D eigenvalue weighted by atomic mass is 32.1. The highest BCUT2D eigenvalue weighted by Crippen LogP contribution is 2.17. The number of aromatic nitrogens is 1. The third-order valence-electron chi connectivity index (χ3n) is 2.20. The Morgan fingerprint density at radius 2 is 2.33 bits per heavy atom. The number of hydrogen-bond donors (Lipinski definition) is 1. The van der Waals surface area contributed by atoms with Gasteiger partial charge in [-0.3, -0.25) is 0 Å². The molecule has 0 aromatic carbocycles. The Bertz CT molecular complexity index is 349. The summed E-state index contributed by atoms with van der Waals surface area (Å²) in [6.07, 6.45) is 0.868. The summed E-state index contributed by atoms with van der Waals surface area (Å²) in [6.45, 7) is 7.58. The quantitative estimate of drug-likeness (QED) is 0.780. The molecule has 0 bridgehead atoms. The zero-order valence-corrected chi connectivity index (χ0v) is 10.3. The molecule has 1 N–H and O–H groups in total. The third-order valence-corrected chi connectivity index (χ3v) is 3.02. The maximum absolute atomic E-state index is 8.83. The summed E-state index contributed by atoms with van der Waals surface area (Å²) in [7, 11) is 0. The van der Waals surface area contributed by atoms with Crippen molar-refractivity contribution < 1.29 is 0 Å². The molecule has 0 aliphatic carbocycles. The summed E-state index contributed by atoms with van der Waals surface area (Å²) in [5, 5.41) is 15.3. The average Bonchev–Trinajstić information content (AvgIpc) is 2.59. The number of nitrogens with zero attached hydrogens (tertiary/aromatic N) is 2. The van der Waals surface area contributed by atoms with E-state index in [-0.39, 0.29) is 5.41 Å². The van der Waals surface area contributed by atoms with Crippen LogP contribution >= 0.6 is 11.3 Å². The largest absolute Gasteiger partial charge is 0.311 e. The summed E-state index contributed by atoms with van der Waals surface area (Å²) in [4.78, 5) is 4.36. The third kappa shape index (κ3) is 4.41. The molecule has 0 saturated heterocycles. The summed E-state index contributed by atoms with van der Waals surface area (Å²) >= 11 is 1.67. The minimum atomic E-state index is -0.231. The summed E-state index contributed by atoms with van der Waals surface area (Å²) in [6, 6.07) is 2.29. The van der Waals surface area contributed by atoms with Gasteiger partial charge in [-0.2, -0.15) is 5.26 Å². The van der Waals surface area contributed by atoms with E-state index in [1.165, 1.54) is 0 Å². The molecule has 0 aliphatic rings. The van der Waals surface area contributed by atoms with Crippen molar-refractivity contribution in [3.05, 3.63) is 16.1 Å². The van der Waals surface area contributed by atoms with Crippen LogP contribution in [0.25, 0.3) is 0 Å². The lowest BCUT2D eigenvalue weighted by molar-refractivity contribution is 0.432. The van der Waals surface area contributed by atoms with Crippen LogP contribution in [0.2, 0.25) is 0 Å². The van der Waals surface area contributed by atoms with Gasteiger partial charge < -0.3 is 5.32 Å². The van der Waals surface area contributed by atoms with Gasteiger partial charge in [0.1, 0.15) is 0 Å². The Hall–Kier alpha value is -0.920. The standard InChI is InChI=1S/C11H17N3S/c1-9-14-10(7-15-9)6-13-5-4-11(2,3)8-12/h7,13H,4-6H2,1-3H3. The van der Waals surface area contributed by atoms with Crippen molar-refractivity contribution in [3.63, 3.8) is 0 Å². The van der Waals surface area contributed by atoms with Crippen LogP contribution in [0.15, 0.2) is 5.38 Å². The van der Waals surface area contributed by atoms with Gasteiger partial charge in [0.25, 0.3) is 0 Å². The number of nitrogens with one attached hydrogen (secondary N) is 1. The molecule has 1 heterocycles. The highest BCUT2D eigenvalue weighted by molar-refractivity contribution is 7.09. The van der Waals surface area contributed by atoms with Crippen LogP contribution in [0.4, 0.5) is 0 Å². The Kier molecular flexibility index (Phi) is 4.25. The van der Waals surface area contributed by atoms with E-state index in [4.69, 9.17) is 5.26 Å². The fourth-order valence-corrected chi connectivity index (χ4v) is 1.78. The summed E-state index contributed by atoms with van der Waals surface area (Å²) in [5.74, 6) is 0. The molecule has 0 spiro atoms. The van der Waals surface area contributed by atoms with Crippen LogP contribution in [-0.2, 0) is 6.54 Å². The van der Waals surface area contributed by atoms with Gasteiger partial charge in [0, 0.05) is 11.9 Å². The molecule has 3 nitrogen and oxygen atoms in total. The van der Waals surface area contributed by atoms with Crippen molar-refractivity contribution in [1.82, 2.24) is 10.3 Å². The number of nitriles is 1. The Labute approximate surface area is 95.2 Å². The maximum Gasteiger partial charge on any atom is 0.0897 e. The monoisotopic (exact) mass is 223 g/mol. The predicted molar refractivity (Wildman–Crippen MR) is 62.6 cm³/mol. The fourth-order valence-electron chi connectivity index (χ4n) is 1.16. The molecular weight excluding hydrogens is 206 g/mol. The second-order valence-corrected chi connectivity index (χ2v) is 5.34. The topological polar surface area (TPSA) is 48.7 Å². The fraction of sp³-hybridized carbons (Fsp3) is 0.636. The van der Waals surface area contributed by atoms with Crippen molar-refractivity contribution in [2.75, 3.05) is 6.54 Å². The Balaban J connectivity index is 2.21. The molecule has 1 aromatic rings. The normalized spacial score (nSPS) is 11.3. The van der Waals surface area contributed by atoms with Gasteiger partial charge in [-0.25, -0.2) is 4.98 Å². The van der Waals surface area contributed by atoms with Crippen molar-refractivity contribution in [2.24, 2.45) is 5.41 Å². The molecule has 0 aliphatic heterocycles. The molecule has 0 fully saturated rings. The molecule has 0 amide bonds. The van der Waals surface area contributed by atoms with Crippen LogP contribution in [0.5, 0.6) is 0 Å². The molecule has 1 rings (SSSR count). The van der Waals surface area contributed by atoms with E-state index in [0.717, 1.165) is 30.2 Å². The van der Waals surface area contributed by atoms with Crippen molar-refractivity contribution in [1.29, 1.82) is 5.26 Å². The molecule has 0 radical (unpaired) electrons.